The van der Waals surface area contributed by atoms with Crippen molar-refractivity contribution in [1.29, 1.82) is 0 Å². The molecule has 212 valence electrons. The third-order valence-electron chi connectivity index (χ3n) is 7.83. The Balaban J connectivity index is 1.00. The van der Waals surface area contributed by atoms with Gasteiger partial charge in [-0.3, -0.25) is 0 Å². The van der Waals surface area contributed by atoms with Gasteiger partial charge in [-0.15, -0.1) is 0 Å². The molecule has 0 amide bonds. The molecular formula is C41H36O2. The smallest absolute Gasteiger partial charge is 0.127 e. The lowest BCUT2D eigenvalue weighted by Gasteiger charge is -2.09. The minimum atomic E-state index is 0.821. The molecule has 2 heteroatoms. The molecule has 2 nitrogen and oxygen atoms in total. The summed E-state index contributed by atoms with van der Waals surface area (Å²) in [6.45, 7) is 2.13. The Morgan fingerprint density at radius 2 is 0.628 bits per heavy atom. The van der Waals surface area contributed by atoms with Gasteiger partial charge in [0.05, 0.1) is 7.11 Å². The molecule has 0 bridgehead atoms. The molecule has 0 aliphatic rings. The molecule has 0 fully saturated rings. The van der Waals surface area contributed by atoms with Crippen LogP contribution in [0.25, 0.3) is 11.1 Å². The van der Waals surface area contributed by atoms with Gasteiger partial charge in [-0.2, -0.15) is 0 Å². The van der Waals surface area contributed by atoms with Gasteiger partial charge in [0, 0.05) is 0 Å². The highest BCUT2D eigenvalue weighted by Crippen LogP contribution is 2.27. The Hall–Kier alpha value is -5.08. The van der Waals surface area contributed by atoms with Gasteiger partial charge in [-0.1, -0.05) is 115 Å². The van der Waals surface area contributed by atoms with Crippen LogP contribution in [0.4, 0.5) is 0 Å². The zero-order valence-electron chi connectivity index (χ0n) is 24.8. The number of benzene rings is 6. The third kappa shape index (κ3) is 7.61. The Morgan fingerprint density at radius 3 is 0.977 bits per heavy atom. The summed E-state index contributed by atoms with van der Waals surface area (Å²) in [6.07, 6.45) is 2.81. The van der Waals surface area contributed by atoms with E-state index in [-0.39, 0.29) is 0 Å². The van der Waals surface area contributed by atoms with Crippen LogP contribution in [0, 0.1) is 6.92 Å². The second-order valence-electron chi connectivity index (χ2n) is 11.1. The van der Waals surface area contributed by atoms with E-state index >= 15 is 0 Å². The van der Waals surface area contributed by atoms with Crippen molar-refractivity contribution in [2.75, 3.05) is 7.11 Å². The number of hydrogen-bond acceptors (Lipinski definition) is 2. The van der Waals surface area contributed by atoms with Crippen LogP contribution < -0.4 is 9.47 Å². The average Bonchev–Trinajstić information content (AvgIpc) is 3.05. The summed E-state index contributed by atoms with van der Waals surface area (Å²) in [5, 5.41) is 0. The molecule has 0 radical (unpaired) electrons. The second kappa shape index (κ2) is 13.3. The summed E-state index contributed by atoms with van der Waals surface area (Å²) in [5.74, 6) is 2.51. The summed E-state index contributed by atoms with van der Waals surface area (Å²) in [5.41, 5.74) is 11.5. The Morgan fingerprint density at radius 1 is 0.349 bits per heavy atom. The molecule has 0 heterocycles. The van der Waals surface area contributed by atoms with Gasteiger partial charge in [-0.05, 0) is 107 Å². The molecule has 0 aliphatic carbocycles. The first-order valence-electron chi connectivity index (χ1n) is 14.8. The summed E-state index contributed by atoms with van der Waals surface area (Å²) < 4.78 is 11.4. The minimum absolute atomic E-state index is 0.821. The zero-order chi connectivity index (χ0) is 29.4. The third-order valence-corrected chi connectivity index (χ3v) is 7.83. The van der Waals surface area contributed by atoms with Gasteiger partial charge in [0.25, 0.3) is 0 Å². The van der Waals surface area contributed by atoms with Crippen molar-refractivity contribution in [2.24, 2.45) is 0 Å². The molecule has 0 aliphatic heterocycles. The van der Waals surface area contributed by atoms with Gasteiger partial charge in [0.2, 0.25) is 0 Å². The fraction of sp³-hybridized carbons (Fsp3) is 0.122. The van der Waals surface area contributed by atoms with Crippen molar-refractivity contribution >= 4 is 0 Å². The number of aryl methyl sites for hydroxylation is 1. The van der Waals surface area contributed by atoms with E-state index in [0.29, 0.717) is 0 Å². The predicted octanol–water partition coefficient (Wildman–Crippen LogP) is 10.2. The van der Waals surface area contributed by atoms with E-state index in [1.807, 2.05) is 36.4 Å². The zero-order valence-corrected chi connectivity index (χ0v) is 24.8. The molecule has 0 saturated heterocycles. The van der Waals surface area contributed by atoms with E-state index < -0.39 is 0 Å². The normalized spacial score (nSPS) is 10.8. The Kier molecular flexibility index (Phi) is 8.66. The van der Waals surface area contributed by atoms with Crippen LogP contribution in [0.2, 0.25) is 0 Å². The molecule has 6 rings (SSSR count). The molecule has 43 heavy (non-hydrogen) atoms. The lowest BCUT2D eigenvalue weighted by molar-refractivity contribution is 0.415. The summed E-state index contributed by atoms with van der Waals surface area (Å²) >= 11 is 0. The van der Waals surface area contributed by atoms with Crippen molar-refractivity contribution in [2.45, 2.75) is 26.2 Å². The quantitative estimate of drug-likeness (QED) is 0.166. The van der Waals surface area contributed by atoms with Crippen molar-refractivity contribution < 1.29 is 9.47 Å². The maximum absolute atomic E-state index is 6.10. The standard InChI is InChI=1S/C41H36O2/c1-30-3-5-31(6-4-30)27-32-7-9-33(10-8-32)28-34-11-13-35(14-12-34)29-36-15-21-40(22-16-36)43-41-25-19-38(20-26-41)37-17-23-39(42-2)24-18-37/h3-26H,27-29H2,1-2H3. The SMILES string of the molecule is COc1ccc(-c2ccc(Oc3ccc(Cc4ccc(Cc5ccc(Cc6ccc(C)cc6)cc5)cc4)cc3)cc2)cc1. The van der Waals surface area contributed by atoms with E-state index in [4.69, 9.17) is 9.47 Å². The van der Waals surface area contributed by atoms with E-state index in [1.165, 1.54) is 38.9 Å². The van der Waals surface area contributed by atoms with E-state index in [0.717, 1.165) is 47.6 Å². The monoisotopic (exact) mass is 560 g/mol. The lowest BCUT2D eigenvalue weighted by Crippen LogP contribution is -1.93. The molecule has 0 unspecified atom stereocenters. The van der Waals surface area contributed by atoms with E-state index in [9.17, 15) is 0 Å². The fourth-order valence-electron chi connectivity index (χ4n) is 5.27. The van der Waals surface area contributed by atoms with Crippen LogP contribution in [0.15, 0.2) is 146 Å². The number of hydrogen-bond donors (Lipinski definition) is 0. The Labute approximate surface area is 255 Å². The van der Waals surface area contributed by atoms with E-state index in [1.54, 1.807) is 7.11 Å². The van der Waals surface area contributed by atoms with Gasteiger partial charge in [0.15, 0.2) is 0 Å². The predicted molar refractivity (Wildman–Crippen MR) is 177 cm³/mol. The molecule has 0 aromatic heterocycles. The van der Waals surface area contributed by atoms with Crippen LogP contribution in [-0.2, 0) is 19.3 Å². The lowest BCUT2D eigenvalue weighted by atomic mass is 9.98. The molecule has 6 aromatic rings. The first kappa shape index (κ1) is 28.1. The van der Waals surface area contributed by atoms with Crippen LogP contribution in [0.5, 0.6) is 17.2 Å². The van der Waals surface area contributed by atoms with Crippen LogP contribution in [0.3, 0.4) is 0 Å². The van der Waals surface area contributed by atoms with Crippen LogP contribution in [-0.4, -0.2) is 7.11 Å². The number of rotatable bonds is 10. The minimum Gasteiger partial charge on any atom is -0.497 e. The maximum atomic E-state index is 6.10. The number of ether oxygens (including phenoxy) is 2. The summed E-state index contributed by atoms with van der Waals surface area (Å²) in [4.78, 5) is 0. The molecule has 0 N–H and O–H groups in total. The van der Waals surface area contributed by atoms with Crippen molar-refractivity contribution in [1.82, 2.24) is 0 Å². The highest BCUT2D eigenvalue weighted by molar-refractivity contribution is 5.65. The van der Waals surface area contributed by atoms with Crippen LogP contribution >= 0.6 is 0 Å². The second-order valence-corrected chi connectivity index (χ2v) is 11.1. The van der Waals surface area contributed by atoms with Crippen molar-refractivity contribution in [3.05, 3.63) is 185 Å². The molecule has 0 saturated carbocycles. The molecule has 0 atom stereocenters. The maximum Gasteiger partial charge on any atom is 0.127 e. The van der Waals surface area contributed by atoms with Gasteiger partial charge in [0.1, 0.15) is 17.2 Å². The summed E-state index contributed by atoms with van der Waals surface area (Å²) in [6, 6.07) is 51.5. The van der Waals surface area contributed by atoms with Gasteiger partial charge in [-0.25, -0.2) is 0 Å². The topological polar surface area (TPSA) is 18.5 Å². The molecule has 6 aromatic carbocycles. The average molecular weight is 561 g/mol. The summed E-state index contributed by atoms with van der Waals surface area (Å²) in [7, 11) is 1.68. The first-order valence-corrected chi connectivity index (χ1v) is 14.8. The van der Waals surface area contributed by atoms with Gasteiger partial charge < -0.3 is 9.47 Å². The first-order chi connectivity index (χ1) is 21.1. The van der Waals surface area contributed by atoms with E-state index in [2.05, 4.69) is 116 Å². The largest absolute Gasteiger partial charge is 0.497 e. The molecular weight excluding hydrogens is 524 g/mol. The van der Waals surface area contributed by atoms with Crippen molar-refractivity contribution in [3.8, 4) is 28.4 Å². The highest BCUT2D eigenvalue weighted by atomic mass is 16.5. The van der Waals surface area contributed by atoms with Gasteiger partial charge >= 0.3 is 0 Å². The molecule has 0 spiro atoms. The highest BCUT2D eigenvalue weighted by Gasteiger charge is 2.04. The number of methoxy groups -OCH3 is 1. The van der Waals surface area contributed by atoms with Crippen LogP contribution in [0.1, 0.15) is 38.9 Å². The Bertz CT molecular complexity index is 1730. The van der Waals surface area contributed by atoms with Crippen molar-refractivity contribution in [3.63, 3.8) is 0 Å². The fourth-order valence-corrected chi connectivity index (χ4v) is 5.27.